The molecule has 2 saturated heterocycles. The Morgan fingerprint density at radius 1 is 1.35 bits per heavy atom. The molecule has 20 heavy (non-hydrogen) atoms. The van der Waals surface area contributed by atoms with Crippen molar-refractivity contribution in [2.75, 3.05) is 26.2 Å². The second-order valence-corrected chi connectivity index (χ2v) is 5.26. The van der Waals surface area contributed by atoms with Crippen molar-refractivity contribution in [2.24, 2.45) is 0 Å². The van der Waals surface area contributed by atoms with Crippen LogP contribution < -0.4 is 16.0 Å². The molecular formula is C13H22N4O3. The Morgan fingerprint density at radius 2 is 2.05 bits per heavy atom. The minimum Gasteiger partial charge on any atom is -0.353 e. The Labute approximate surface area is 118 Å². The van der Waals surface area contributed by atoms with Crippen LogP contribution in [0.5, 0.6) is 0 Å². The highest BCUT2D eigenvalue weighted by Crippen LogP contribution is 2.12. The number of rotatable bonds is 3. The zero-order valence-corrected chi connectivity index (χ0v) is 11.8. The third-order valence-electron chi connectivity index (χ3n) is 3.80. The average Bonchev–Trinajstić information content (AvgIpc) is 2.48. The molecule has 1 unspecified atom stereocenters. The van der Waals surface area contributed by atoms with Gasteiger partial charge in [0.15, 0.2) is 0 Å². The van der Waals surface area contributed by atoms with Gasteiger partial charge in [0.1, 0.15) is 6.04 Å². The summed E-state index contributed by atoms with van der Waals surface area (Å²) in [5.41, 5.74) is 0. The molecule has 0 aliphatic carbocycles. The molecule has 0 spiro atoms. The monoisotopic (exact) mass is 282 g/mol. The molecule has 112 valence electrons. The van der Waals surface area contributed by atoms with Gasteiger partial charge in [-0.15, -0.1) is 0 Å². The largest absolute Gasteiger partial charge is 0.353 e. The number of piperidine rings is 1. The van der Waals surface area contributed by atoms with Crippen LogP contribution in [0.25, 0.3) is 0 Å². The lowest BCUT2D eigenvalue weighted by Gasteiger charge is -2.35. The Bertz CT molecular complexity index is 381. The first-order valence-electron chi connectivity index (χ1n) is 7.18. The summed E-state index contributed by atoms with van der Waals surface area (Å²) in [5, 5.41) is 8.60. The third-order valence-corrected chi connectivity index (χ3v) is 3.80. The fourth-order valence-corrected chi connectivity index (χ4v) is 2.54. The average molecular weight is 282 g/mol. The second-order valence-electron chi connectivity index (χ2n) is 5.26. The highest BCUT2D eigenvalue weighted by atomic mass is 16.2. The predicted octanol–water partition coefficient (Wildman–Crippen LogP) is -1.41. The van der Waals surface area contributed by atoms with Crippen molar-refractivity contribution in [3.63, 3.8) is 0 Å². The van der Waals surface area contributed by atoms with Crippen molar-refractivity contribution in [2.45, 2.75) is 38.3 Å². The molecule has 2 fully saturated rings. The van der Waals surface area contributed by atoms with Gasteiger partial charge in [0.2, 0.25) is 17.7 Å². The van der Waals surface area contributed by atoms with E-state index in [1.54, 1.807) is 0 Å². The van der Waals surface area contributed by atoms with E-state index in [1.165, 1.54) is 0 Å². The van der Waals surface area contributed by atoms with Gasteiger partial charge in [-0.05, 0) is 12.8 Å². The first-order valence-corrected chi connectivity index (χ1v) is 7.18. The smallest absolute Gasteiger partial charge is 0.241 e. The van der Waals surface area contributed by atoms with Crippen LogP contribution in [0.4, 0.5) is 0 Å². The van der Waals surface area contributed by atoms with E-state index < -0.39 is 0 Å². The molecule has 1 atom stereocenters. The summed E-state index contributed by atoms with van der Waals surface area (Å²) in [5.74, 6) is 0.0201. The normalized spacial score (nSPS) is 24.1. The van der Waals surface area contributed by atoms with Gasteiger partial charge >= 0.3 is 0 Å². The minimum absolute atomic E-state index is 0.0327. The molecule has 7 nitrogen and oxygen atoms in total. The number of hydrogen-bond acceptors (Lipinski definition) is 4. The topological polar surface area (TPSA) is 90.5 Å². The van der Waals surface area contributed by atoms with Crippen LogP contribution in [0.1, 0.15) is 26.2 Å². The molecule has 2 heterocycles. The molecule has 0 radical (unpaired) electrons. The molecule has 7 heteroatoms. The van der Waals surface area contributed by atoms with Crippen LogP contribution >= 0.6 is 0 Å². The van der Waals surface area contributed by atoms with Crippen molar-refractivity contribution in [3.8, 4) is 0 Å². The van der Waals surface area contributed by atoms with E-state index in [4.69, 9.17) is 0 Å². The zero-order valence-electron chi connectivity index (χ0n) is 11.8. The molecule has 0 bridgehead atoms. The van der Waals surface area contributed by atoms with Crippen LogP contribution in [0, 0.1) is 0 Å². The third kappa shape index (κ3) is 3.69. The zero-order chi connectivity index (χ0) is 14.5. The van der Waals surface area contributed by atoms with Gasteiger partial charge < -0.3 is 15.5 Å². The molecule has 0 aromatic heterocycles. The maximum Gasteiger partial charge on any atom is 0.241 e. The quantitative estimate of drug-likeness (QED) is 0.593. The molecule has 3 N–H and O–H groups in total. The lowest BCUT2D eigenvalue weighted by Crippen LogP contribution is -2.60. The van der Waals surface area contributed by atoms with Gasteiger partial charge in [0.25, 0.3) is 0 Å². The summed E-state index contributed by atoms with van der Waals surface area (Å²) >= 11 is 0. The molecule has 3 amide bonds. The number of nitrogens with zero attached hydrogens (tertiary/aromatic N) is 1. The molecule has 0 aromatic rings. The lowest BCUT2D eigenvalue weighted by atomic mass is 10.0. The molecule has 2 rings (SSSR count). The molecule has 0 saturated carbocycles. The Kier molecular flexibility index (Phi) is 4.94. The number of piperazine rings is 1. The predicted molar refractivity (Wildman–Crippen MR) is 72.8 cm³/mol. The van der Waals surface area contributed by atoms with Crippen molar-refractivity contribution in [1.82, 2.24) is 20.9 Å². The van der Waals surface area contributed by atoms with E-state index in [1.807, 2.05) is 11.8 Å². The number of carbonyl (C=O) groups excluding carboxylic acids is 3. The molecular weight excluding hydrogens is 260 g/mol. The Balaban J connectivity index is 1.77. The number of likely N-dealkylation sites (tertiary alicyclic amines) is 1. The highest BCUT2D eigenvalue weighted by molar-refractivity contribution is 5.86. The summed E-state index contributed by atoms with van der Waals surface area (Å²) in [7, 11) is 0. The molecule has 2 aliphatic rings. The molecule has 2 aliphatic heterocycles. The summed E-state index contributed by atoms with van der Waals surface area (Å²) in [6.45, 7) is 3.68. The Morgan fingerprint density at radius 3 is 2.60 bits per heavy atom. The van der Waals surface area contributed by atoms with Gasteiger partial charge in [0, 0.05) is 32.1 Å². The van der Waals surface area contributed by atoms with Crippen molar-refractivity contribution >= 4 is 17.7 Å². The van der Waals surface area contributed by atoms with Crippen LogP contribution in [-0.4, -0.2) is 60.9 Å². The van der Waals surface area contributed by atoms with Crippen molar-refractivity contribution in [1.29, 1.82) is 0 Å². The van der Waals surface area contributed by atoms with Crippen molar-refractivity contribution < 1.29 is 14.4 Å². The number of amides is 3. The summed E-state index contributed by atoms with van der Waals surface area (Å²) < 4.78 is 0. The maximum absolute atomic E-state index is 12.3. The Hall–Kier alpha value is -1.63. The van der Waals surface area contributed by atoms with Crippen LogP contribution in [-0.2, 0) is 14.4 Å². The van der Waals surface area contributed by atoms with Crippen molar-refractivity contribution in [3.05, 3.63) is 0 Å². The van der Waals surface area contributed by atoms with Gasteiger partial charge in [-0.2, -0.15) is 0 Å². The van der Waals surface area contributed by atoms with Gasteiger partial charge in [-0.3, -0.25) is 19.7 Å². The highest BCUT2D eigenvalue weighted by Gasteiger charge is 2.30. The maximum atomic E-state index is 12.3. The number of nitrogens with one attached hydrogen (secondary N) is 3. The van der Waals surface area contributed by atoms with Gasteiger partial charge in [-0.1, -0.05) is 6.92 Å². The second kappa shape index (κ2) is 6.69. The number of carbonyl (C=O) groups is 3. The fraction of sp³-hybridized carbons (Fsp3) is 0.769. The van der Waals surface area contributed by atoms with Crippen LogP contribution in [0.2, 0.25) is 0 Å². The van der Waals surface area contributed by atoms with E-state index in [0.717, 1.165) is 12.8 Å². The fourth-order valence-electron chi connectivity index (χ4n) is 2.54. The van der Waals surface area contributed by atoms with E-state index in [-0.39, 0.29) is 36.3 Å². The first-order chi connectivity index (χ1) is 9.60. The van der Waals surface area contributed by atoms with E-state index in [2.05, 4.69) is 16.0 Å². The number of hydrogen-bond donors (Lipinski definition) is 3. The first kappa shape index (κ1) is 14.8. The van der Waals surface area contributed by atoms with E-state index in [9.17, 15) is 14.4 Å². The minimum atomic E-state index is -0.325. The SMILES string of the molecule is CCC(=O)NC1CCN(C(=O)C2CNC(=O)CN2)CC1. The van der Waals surface area contributed by atoms with Crippen LogP contribution in [0.15, 0.2) is 0 Å². The van der Waals surface area contributed by atoms with Gasteiger partial charge in [0.05, 0.1) is 6.54 Å². The van der Waals surface area contributed by atoms with Gasteiger partial charge in [-0.25, -0.2) is 0 Å². The summed E-state index contributed by atoms with van der Waals surface area (Å²) in [4.78, 5) is 36.5. The van der Waals surface area contributed by atoms with Crippen LogP contribution in [0.3, 0.4) is 0 Å². The molecule has 0 aromatic carbocycles. The lowest BCUT2D eigenvalue weighted by molar-refractivity contribution is -0.136. The van der Waals surface area contributed by atoms with E-state index >= 15 is 0 Å². The van der Waals surface area contributed by atoms with E-state index in [0.29, 0.717) is 26.1 Å². The summed E-state index contributed by atoms with van der Waals surface area (Å²) in [6.07, 6.45) is 2.07. The standard InChI is InChI=1S/C13H22N4O3/c1-2-11(18)16-9-3-5-17(6-4-9)13(20)10-7-15-12(19)8-14-10/h9-10,14H,2-8H2,1H3,(H,15,19)(H,16,18). The summed E-state index contributed by atoms with van der Waals surface area (Å²) in [6, 6.07) is -0.153.